The van der Waals surface area contributed by atoms with Gasteiger partial charge in [-0.1, -0.05) is 19.3 Å². The van der Waals surface area contributed by atoms with Crippen molar-refractivity contribution in [1.82, 2.24) is 15.6 Å². The molecule has 0 aliphatic heterocycles. The molecule has 26 heavy (non-hydrogen) atoms. The number of aromatic nitrogens is 1. The van der Waals surface area contributed by atoms with E-state index in [0.717, 1.165) is 36.6 Å². The number of fused-ring (bicyclic) bond motifs is 1. The van der Waals surface area contributed by atoms with Crippen LogP contribution in [0.5, 0.6) is 0 Å². The standard InChI is InChI=1S/C20H24N4O2/c21-9-11-23-20(26)17(14-4-2-1-3-5-14)13-24-19(25)16-6-7-18-15(12-16)8-10-22-18/h6-8,10,12,14,17,22H,1-5,11,13H2,(H,23,26)(H,24,25). The van der Waals surface area contributed by atoms with Crippen molar-refractivity contribution in [1.29, 1.82) is 5.26 Å². The zero-order chi connectivity index (χ0) is 18.4. The van der Waals surface area contributed by atoms with Crippen molar-refractivity contribution in [2.24, 2.45) is 11.8 Å². The first kappa shape index (κ1) is 18.0. The predicted molar refractivity (Wildman–Crippen MR) is 99.3 cm³/mol. The second-order valence-corrected chi connectivity index (χ2v) is 6.87. The van der Waals surface area contributed by atoms with E-state index in [9.17, 15) is 9.59 Å². The van der Waals surface area contributed by atoms with Gasteiger partial charge in [-0.3, -0.25) is 9.59 Å². The molecule has 1 aliphatic carbocycles. The topological polar surface area (TPSA) is 97.8 Å². The van der Waals surface area contributed by atoms with E-state index in [-0.39, 0.29) is 30.2 Å². The van der Waals surface area contributed by atoms with Gasteiger partial charge >= 0.3 is 0 Å². The number of nitriles is 1. The highest BCUT2D eigenvalue weighted by Crippen LogP contribution is 2.30. The number of rotatable bonds is 6. The van der Waals surface area contributed by atoms with Gasteiger partial charge in [-0.25, -0.2) is 0 Å². The summed E-state index contributed by atoms with van der Waals surface area (Å²) in [4.78, 5) is 28.1. The third-order valence-electron chi connectivity index (χ3n) is 5.20. The number of H-pyrrole nitrogens is 1. The lowest BCUT2D eigenvalue weighted by Crippen LogP contribution is -2.43. The fourth-order valence-electron chi connectivity index (χ4n) is 3.77. The Hall–Kier alpha value is -2.81. The Morgan fingerprint density at radius 3 is 2.77 bits per heavy atom. The smallest absolute Gasteiger partial charge is 0.251 e. The number of carbonyl (C=O) groups excluding carboxylic acids is 2. The zero-order valence-electron chi connectivity index (χ0n) is 14.8. The maximum Gasteiger partial charge on any atom is 0.251 e. The molecular weight excluding hydrogens is 328 g/mol. The third-order valence-corrected chi connectivity index (χ3v) is 5.20. The van der Waals surface area contributed by atoms with Gasteiger partial charge in [0.25, 0.3) is 5.91 Å². The average molecular weight is 352 g/mol. The van der Waals surface area contributed by atoms with E-state index < -0.39 is 0 Å². The Labute approximate surface area is 153 Å². The van der Waals surface area contributed by atoms with Gasteiger partial charge in [-0.2, -0.15) is 5.26 Å². The minimum atomic E-state index is -0.288. The summed E-state index contributed by atoms with van der Waals surface area (Å²) < 4.78 is 0. The van der Waals surface area contributed by atoms with Gasteiger partial charge < -0.3 is 15.6 Å². The first-order valence-electron chi connectivity index (χ1n) is 9.19. The van der Waals surface area contributed by atoms with E-state index in [0.29, 0.717) is 12.1 Å². The Morgan fingerprint density at radius 2 is 2.00 bits per heavy atom. The molecule has 1 aromatic heterocycles. The molecule has 3 N–H and O–H groups in total. The molecule has 1 aromatic carbocycles. The molecule has 6 nitrogen and oxygen atoms in total. The molecular formula is C20H24N4O2. The summed E-state index contributed by atoms with van der Waals surface area (Å²) >= 11 is 0. The van der Waals surface area contributed by atoms with Gasteiger partial charge in [-0.05, 0) is 43.0 Å². The van der Waals surface area contributed by atoms with Crippen molar-refractivity contribution < 1.29 is 9.59 Å². The highest BCUT2D eigenvalue weighted by atomic mass is 16.2. The molecule has 6 heteroatoms. The number of nitrogens with zero attached hydrogens (tertiary/aromatic N) is 1. The van der Waals surface area contributed by atoms with E-state index in [1.807, 2.05) is 30.5 Å². The lowest BCUT2D eigenvalue weighted by Gasteiger charge is -2.29. The molecule has 136 valence electrons. The van der Waals surface area contributed by atoms with Gasteiger partial charge in [-0.15, -0.1) is 0 Å². The van der Waals surface area contributed by atoms with Crippen molar-refractivity contribution in [3.05, 3.63) is 36.0 Å². The predicted octanol–water partition coefficient (Wildman–Crippen LogP) is 2.73. The largest absolute Gasteiger partial charge is 0.361 e. The highest BCUT2D eigenvalue weighted by Gasteiger charge is 2.29. The lowest BCUT2D eigenvalue weighted by atomic mass is 9.79. The second-order valence-electron chi connectivity index (χ2n) is 6.87. The highest BCUT2D eigenvalue weighted by molar-refractivity contribution is 5.98. The maximum absolute atomic E-state index is 12.5. The van der Waals surface area contributed by atoms with Crippen molar-refractivity contribution in [2.45, 2.75) is 32.1 Å². The van der Waals surface area contributed by atoms with Gasteiger partial charge in [0.05, 0.1) is 12.0 Å². The number of hydrogen-bond acceptors (Lipinski definition) is 3. The Bertz CT molecular complexity index is 815. The quantitative estimate of drug-likeness (QED) is 0.697. The van der Waals surface area contributed by atoms with Crippen molar-refractivity contribution in [3.63, 3.8) is 0 Å². The zero-order valence-corrected chi connectivity index (χ0v) is 14.8. The molecule has 0 spiro atoms. The summed E-state index contributed by atoms with van der Waals surface area (Å²) in [6, 6.07) is 9.36. The van der Waals surface area contributed by atoms with Crippen LogP contribution < -0.4 is 10.6 Å². The van der Waals surface area contributed by atoms with Crippen LogP contribution in [0.1, 0.15) is 42.5 Å². The van der Waals surface area contributed by atoms with Crippen LogP contribution in [-0.2, 0) is 4.79 Å². The summed E-state index contributed by atoms with van der Waals surface area (Å²) in [6.07, 6.45) is 7.26. The first-order valence-corrected chi connectivity index (χ1v) is 9.19. The van der Waals surface area contributed by atoms with Crippen molar-refractivity contribution >= 4 is 22.7 Å². The number of nitrogens with one attached hydrogen (secondary N) is 3. The molecule has 1 heterocycles. The van der Waals surface area contributed by atoms with Crippen LogP contribution in [0.15, 0.2) is 30.5 Å². The number of carbonyl (C=O) groups is 2. The molecule has 2 amide bonds. The molecule has 1 atom stereocenters. The summed E-state index contributed by atoms with van der Waals surface area (Å²) in [5.41, 5.74) is 1.56. The SMILES string of the molecule is N#CCNC(=O)C(CNC(=O)c1ccc2[nH]ccc2c1)C1CCCCC1. The summed E-state index contributed by atoms with van der Waals surface area (Å²) in [5.74, 6) is -0.347. The Morgan fingerprint density at radius 1 is 1.19 bits per heavy atom. The van der Waals surface area contributed by atoms with E-state index >= 15 is 0 Å². The van der Waals surface area contributed by atoms with E-state index in [1.54, 1.807) is 6.07 Å². The van der Waals surface area contributed by atoms with Crippen LogP contribution in [0.3, 0.4) is 0 Å². The number of hydrogen-bond donors (Lipinski definition) is 3. The molecule has 3 rings (SSSR count). The summed E-state index contributed by atoms with van der Waals surface area (Å²) in [6.45, 7) is 0.298. The van der Waals surface area contributed by atoms with Crippen LogP contribution in [0, 0.1) is 23.2 Å². The van der Waals surface area contributed by atoms with E-state index in [2.05, 4.69) is 15.6 Å². The van der Waals surface area contributed by atoms with Crippen LogP contribution in [0.2, 0.25) is 0 Å². The maximum atomic E-state index is 12.5. The van der Waals surface area contributed by atoms with E-state index in [4.69, 9.17) is 5.26 Å². The van der Waals surface area contributed by atoms with E-state index in [1.165, 1.54) is 6.42 Å². The minimum absolute atomic E-state index is 0.000155. The molecule has 1 fully saturated rings. The summed E-state index contributed by atoms with van der Waals surface area (Å²) in [7, 11) is 0. The molecule has 2 aromatic rings. The molecule has 1 saturated carbocycles. The normalized spacial score (nSPS) is 16.0. The fraction of sp³-hybridized carbons (Fsp3) is 0.450. The Balaban J connectivity index is 1.66. The van der Waals surface area contributed by atoms with Gasteiger partial charge in [0, 0.05) is 29.2 Å². The van der Waals surface area contributed by atoms with Crippen LogP contribution in [0.25, 0.3) is 10.9 Å². The molecule has 1 aliphatic rings. The summed E-state index contributed by atoms with van der Waals surface area (Å²) in [5, 5.41) is 15.3. The minimum Gasteiger partial charge on any atom is -0.361 e. The number of amides is 2. The number of aromatic amines is 1. The monoisotopic (exact) mass is 352 g/mol. The van der Waals surface area contributed by atoms with Crippen LogP contribution in [0.4, 0.5) is 0 Å². The van der Waals surface area contributed by atoms with Gasteiger partial charge in [0.2, 0.25) is 5.91 Å². The van der Waals surface area contributed by atoms with Gasteiger partial charge in [0.15, 0.2) is 0 Å². The van der Waals surface area contributed by atoms with Crippen LogP contribution >= 0.6 is 0 Å². The number of benzene rings is 1. The molecule has 0 saturated heterocycles. The lowest BCUT2D eigenvalue weighted by molar-refractivity contribution is -0.126. The first-order chi connectivity index (χ1) is 12.7. The Kier molecular flexibility index (Phi) is 5.90. The molecule has 1 unspecified atom stereocenters. The fourth-order valence-corrected chi connectivity index (χ4v) is 3.77. The average Bonchev–Trinajstić information content (AvgIpc) is 3.15. The third kappa shape index (κ3) is 4.23. The van der Waals surface area contributed by atoms with Gasteiger partial charge in [0.1, 0.15) is 6.54 Å². The molecule has 0 bridgehead atoms. The van der Waals surface area contributed by atoms with Crippen LogP contribution in [-0.4, -0.2) is 29.9 Å². The molecule has 0 radical (unpaired) electrons. The van der Waals surface area contributed by atoms with Crippen molar-refractivity contribution in [3.8, 4) is 6.07 Å². The van der Waals surface area contributed by atoms with Crippen molar-refractivity contribution in [2.75, 3.05) is 13.1 Å². The second kappa shape index (κ2) is 8.52.